The van der Waals surface area contributed by atoms with Gasteiger partial charge >= 0.3 is 0 Å². The second-order valence-electron chi connectivity index (χ2n) is 8.44. The van der Waals surface area contributed by atoms with Crippen LogP contribution in [0.3, 0.4) is 0 Å². The van der Waals surface area contributed by atoms with Crippen LogP contribution in [0.1, 0.15) is 62.5 Å². The number of hydroxylamine groups is 1. The number of rotatable bonds is 13. The molecule has 0 aliphatic rings. The Kier molecular flexibility index (Phi) is 9.63. The van der Waals surface area contributed by atoms with Gasteiger partial charge in [0.15, 0.2) is 0 Å². The molecule has 0 radical (unpaired) electrons. The highest BCUT2D eigenvalue weighted by Gasteiger charge is 2.12. The van der Waals surface area contributed by atoms with E-state index in [2.05, 4.69) is 75.6 Å². The molecule has 3 N–H and O–H groups in total. The smallest absolute Gasteiger partial charge is 0.243 e. The molecule has 0 spiro atoms. The van der Waals surface area contributed by atoms with Gasteiger partial charge in [-0.3, -0.25) is 10.0 Å². The molecule has 0 fully saturated rings. The van der Waals surface area contributed by atoms with Crippen molar-refractivity contribution >= 4 is 32.7 Å². The largest absolute Gasteiger partial charge is 0.361 e. The van der Waals surface area contributed by atoms with Gasteiger partial charge in [0.2, 0.25) is 5.91 Å². The maximum atomic E-state index is 11.1. The predicted molar refractivity (Wildman–Crippen MR) is 130 cm³/mol. The SMILES string of the molecule is O=C(CCCCCCCC(CCc1c[nH]c2ccccc12)Cc1ccc(Br)cc1)NO. The van der Waals surface area contributed by atoms with Crippen molar-refractivity contribution in [3.63, 3.8) is 0 Å². The van der Waals surface area contributed by atoms with E-state index in [1.165, 1.54) is 47.7 Å². The topological polar surface area (TPSA) is 65.1 Å². The minimum Gasteiger partial charge on any atom is -0.361 e. The van der Waals surface area contributed by atoms with Crippen LogP contribution >= 0.6 is 15.9 Å². The number of hydrogen-bond acceptors (Lipinski definition) is 2. The number of unbranched alkanes of at least 4 members (excludes halogenated alkanes) is 4. The van der Waals surface area contributed by atoms with Gasteiger partial charge in [-0.2, -0.15) is 0 Å². The number of para-hydroxylation sites is 1. The standard InChI is InChI=1S/C26H33BrN2O2/c27-23-16-13-21(14-17-23)18-20(8-4-2-1-3-5-11-26(30)29-31)12-15-22-19-28-25-10-7-6-9-24(22)25/h6-7,9-10,13-14,16-17,19-20,28,31H,1-5,8,11-12,15,18H2,(H,29,30). The molecule has 0 bridgehead atoms. The van der Waals surface area contributed by atoms with E-state index in [0.717, 1.165) is 36.6 Å². The first-order valence-electron chi connectivity index (χ1n) is 11.4. The minimum absolute atomic E-state index is 0.285. The van der Waals surface area contributed by atoms with Crippen LogP contribution in [0.2, 0.25) is 0 Å². The molecule has 166 valence electrons. The zero-order valence-corrected chi connectivity index (χ0v) is 19.7. The van der Waals surface area contributed by atoms with Crippen molar-refractivity contribution in [2.24, 2.45) is 5.92 Å². The first-order chi connectivity index (χ1) is 15.2. The van der Waals surface area contributed by atoms with Crippen LogP contribution in [-0.4, -0.2) is 16.1 Å². The molecule has 1 heterocycles. The highest BCUT2D eigenvalue weighted by Crippen LogP contribution is 2.26. The summed E-state index contributed by atoms with van der Waals surface area (Å²) in [5.74, 6) is 0.377. The Bertz CT molecular complexity index is 936. The number of nitrogens with one attached hydrogen (secondary N) is 2. The molecule has 0 saturated carbocycles. The molecule has 1 atom stereocenters. The molecular weight excluding hydrogens is 452 g/mol. The second kappa shape index (κ2) is 12.7. The number of aryl methyl sites for hydroxylation is 1. The lowest BCUT2D eigenvalue weighted by atomic mass is 9.88. The predicted octanol–water partition coefficient (Wildman–Crippen LogP) is 6.96. The molecule has 0 aliphatic heterocycles. The van der Waals surface area contributed by atoms with Gasteiger partial charge in [-0.15, -0.1) is 0 Å². The van der Waals surface area contributed by atoms with Gasteiger partial charge in [-0.05, 0) is 60.9 Å². The van der Waals surface area contributed by atoms with Crippen LogP contribution in [0.5, 0.6) is 0 Å². The summed E-state index contributed by atoms with van der Waals surface area (Å²) in [4.78, 5) is 14.5. The fraction of sp³-hybridized carbons (Fsp3) is 0.423. The summed E-state index contributed by atoms with van der Waals surface area (Å²) in [5.41, 5.74) is 5.74. The molecule has 3 aromatic rings. The number of H-pyrrole nitrogens is 1. The van der Waals surface area contributed by atoms with E-state index in [4.69, 9.17) is 5.21 Å². The first-order valence-corrected chi connectivity index (χ1v) is 12.2. The maximum absolute atomic E-state index is 11.1. The van der Waals surface area contributed by atoms with E-state index in [9.17, 15) is 4.79 Å². The van der Waals surface area contributed by atoms with Gasteiger partial charge in [0.1, 0.15) is 0 Å². The normalized spacial score (nSPS) is 12.2. The van der Waals surface area contributed by atoms with Crippen molar-refractivity contribution in [3.05, 3.63) is 70.3 Å². The Balaban J connectivity index is 1.49. The molecule has 2 aromatic carbocycles. The summed E-state index contributed by atoms with van der Waals surface area (Å²) >= 11 is 3.53. The van der Waals surface area contributed by atoms with Crippen LogP contribution in [0.25, 0.3) is 10.9 Å². The van der Waals surface area contributed by atoms with E-state index in [-0.39, 0.29) is 5.91 Å². The Hall–Kier alpha value is -2.11. The maximum Gasteiger partial charge on any atom is 0.243 e. The summed E-state index contributed by atoms with van der Waals surface area (Å²) < 4.78 is 1.13. The average Bonchev–Trinajstić information content (AvgIpc) is 3.21. The molecular formula is C26H33BrN2O2. The van der Waals surface area contributed by atoms with E-state index in [0.29, 0.717) is 12.3 Å². The van der Waals surface area contributed by atoms with Crippen molar-refractivity contribution in [2.45, 2.75) is 64.2 Å². The number of halogens is 1. The zero-order valence-electron chi connectivity index (χ0n) is 18.1. The molecule has 0 saturated heterocycles. The number of aromatic nitrogens is 1. The summed E-state index contributed by atoms with van der Waals surface area (Å²) in [6.07, 6.45) is 12.7. The highest BCUT2D eigenvalue weighted by molar-refractivity contribution is 9.10. The van der Waals surface area contributed by atoms with Crippen molar-refractivity contribution in [2.75, 3.05) is 0 Å². The highest BCUT2D eigenvalue weighted by atomic mass is 79.9. The van der Waals surface area contributed by atoms with Crippen molar-refractivity contribution < 1.29 is 10.0 Å². The van der Waals surface area contributed by atoms with Gasteiger partial charge in [0, 0.05) is 28.0 Å². The Morgan fingerprint density at radius 1 is 0.968 bits per heavy atom. The average molecular weight is 485 g/mol. The quantitative estimate of drug-likeness (QED) is 0.139. The fourth-order valence-corrected chi connectivity index (χ4v) is 4.57. The van der Waals surface area contributed by atoms with Crippen molar-refractivity contribution in [1.82, 2.24) is 10.5 Å². The van der Waals surface area contributed by atoms with Crippen LogP contribution in [0.15, 0.2) is 59.2 Å². The molecule has 31 heavy (non-hydrogen) atoms. The zero-order chi connectivity index (χ0) is 21.9. The Morgan fingerprint density at radius 3 is 2.52 bits per heavy atom. The number of aromatic amines is 1. The van der Waals surface area contributed by atoms with Gasteiger partial charge in [-0.25, -0.2) is 5.48 Å². The molecule has 4 nitrogen and oxygen atoms in total. The Labute approximate surface area is 193 Å². The lowest BCUT2D eigenvalue weighted by molar-refractivity contribution is -0.129. The summed E-state index contributed by atoms with van der Waals surface area (Å²) in [6, 6.07) is 17.3. The number of hydrogen-bond donors (Lipinski definition) is 3. The van der Waals surface area contributed by atoms with Gasteiger partial charge in [0.05, 0.1) is 0 Å². The van der Waals surface area contributed by atoms with Crippen LogP contribution in [0.4, 0.5) is 0 Å². The summed E-state index contributed by atoms with van der Waals surface area (Å²) in [5, 5.41) is 9.89. The van der Waals surface area contributed by atoms with E-state index >= 15 is 0 Å². The van der Waals surface area contributed by atoms with Gasteiger partial charge in [-0.1, -0.05) is 78.4 Å². The van der Waals surface area contributed by atoms with E-state index in [1.54, 1.807) is 5.48 Å². The minimum atomic E-state index is -0.285. The number of fused-ring (bicyclic) bond motifs is 1. The second-order valence-corrected chi connectivity index (χ2v) is 9.35. The summed E-state index contributed by atoms with van der Waals surface area (Å²) in [7, 11) is 0. The van der Waals surface area contributed by atoms with Crippen LogP contribution in [-0.2, 0) is 17.6 Å². The molecule has 0 aliphatic carbocycles. The molecule has 5 heteroatoms. The lowest BCUT2D eigenvalue weighted by Gasteiger charge is -2.17. The van der Waals surface area contributed by atoms with Crippen LogP contribution in [0, 0.1) is 5.92 Å². The third kappa shape index (κ3) is 7.82. The van der Waals surface area contributed by atoms with Crippen molar-refractivity contribution in [3.8, 4) is 0 Å². The third-order valence-corrected chi connectivity index (χ3v) is 6.60. The molecule has 1 unspecified atom stereocenters. The fourth-order valence-electron chi connectivity index (χ4n) is 4.31. The van der Waals surface area contributed by atoms with Crippen LogP contribution < -0.4 is 5.48 Å². The van der Waals surface area contributed by atoms with E-state index in [1.807, 2.05) is 0 Å². The molecule has 1 amide bonds. The number of carbonyl (C=O) groups is 1. The van der Waals surface area contributed by atoms with Gasteiger partial charge < -0.3 is 4.98 Å². The lowest BCUT2D eigenvalue weighted by Crippen LogP contribution is -2.17. The third-order valence-electron chi connectivity index (χ3n) is 6.08. The van der Waals surface area contributed by atoms with E-state index < -0.39 is 0 Å². The summed E-state index contributed by atoms with van der Waals surface area (Å²) in [6.45, 7) is 0. The first kappa shape index (κ1) is 23.6. The number of amides is 1. The van der Waals surface area contributed by atoms with Gasteiger partial charge in [0.25, 0.3) is 0 Å². The number of carbonyl (C=O) groups excluding carboxylic acids is 1. The monoisotopic (exact) mass is 484 g/mol. The number of benzene rings is 2. The Morgan fingerprint density at radius 2 is 1.71 bits per heavy atom. The molecule has 3 rings (SSSR count). The molecule has 1 aromatic heterocycles. The van der Waals surface area contributed by atoms with Crippen molar-refractivity contribution in [1.29, 1.82) is 0 Å².